The Morgan fingerprint density at radius 3 is 3.05 bits per heavy atom. The number of aromatic nitrogens is 2. The number of non-ortho nitro benzene ring substituents is 1. The molecule has 0 saturated heterocycles. The minimum atomic E-state index is -0.425. The summed E-state index contributed by atoms with van der Waals surface area (Å²) in [5.74, 6) is 0.642. The van der Waals surface area contributed by atoms with E-state index in [0.29, 0.717) is 30.1 Å². The van der Waals surface area contributed by atoms with Crippen molar-refractivity contribution >= 4 is 5.69 Å². The zero-order valence-electron chi connectivity index (χ0n) is 11.1. The molecule has 0 radical (unpaired) electrons. The Morgan fingerprint density at radius 2 is 2.35 bits per heavy atom. The van der Waals surface area contributed by atoms with Gasteiger partial charge in [-0.25, -0.2) is 4.98 Å². The molecule has 1 aromatic carbocycles. The molecule has 2 aromatic rings. The number of benzene rings is 1. The average Bonchev–Trinajstić information content (AvgIpc) is 2.94. The van der Waals surface area contributed by atoms with Gasteiger partial charge in [0.15, 0.2) is 0 Å². The third-order valence-electron chi connectivity index (χ3n) is 2.95. The number of methoxy groups -OCH3 is 1. The van der Waals surface area contributed by atoms with Gasteiger partial charge < -0.3 is 15.5 Å². The van der Waals surface area contributed by atoms with Gasteiger partial charge in [0.2, 0.25) is 0 Å². The number of nitrogens with two attached hydrogens (primary N) is 1. The van der Waals surface area contributed by atoms with Crippen molar-refractivity contribution in [2.24, 2.45) is 5.73 Å². The van der Waals surface area contributed by atoms with E-state index in [4.69, 9.17) is 10.5 Å². The number of nitrogens with one attached hydrogen (secondary N) is 1. The van der Waals surface area contributed by atoms with Crippen LogP contribution in [0.4, 0.5) is 5.69 Å². The van der Waals surface area contributed by atoms with Gasteiger partial charge in [-0.15, -0.1) is 0 Å². The van der Waals surface area contributed by atoms with Crippen molar-refractivity contribution in [1.29, 1.82) is 0 Å². The number of nitro benzene ring substituents is 1. The van der Waals surface area contributed by atoms with Crippen molar-refractivity contribution in [3.05, 3.63) is 46.4 Å². The number of imidazole rings is 1. The highest BCUT2D eigenvalue weighted by atomic mass is 16.6. The molecule has 0 saturated carbocycles. The predicted octanol–water partition coefficient (Wildman–Crippen LogP) is 2.02. The van der Waals surface area contributed by atoms with E-state index in [1.54, 1.807) is 25.4 Å². The number of nitrogens with zero attached hydrogens (tertiary/aromatic N) is 2. The van der Waals surface area contributed by atoms with Crippen LogP contribution in [0.1, 0.15) is 18.3 Å². The fourth-order valence-corrected chi connectivity index (χ4v) is 1.84. The first kappa shape index (κ1) is 14.2. The summed E-state index contributed by atoms with van der Waals surface area (Å²) in [5.41, 5.74) is 7.42. The molecule has 106 valence electrons. The number of rotatable bonds is 6. The fourth-order valence-electron chi connectivity index (χ4n) is 1.84. The topological polar surface area (TPSA) is 107 Å². The zero-order chi connectivity index (χ0) is 14.5. The monoisotopic (exact) mass is 276 g/mol. The summed E-state index contributed by atoms with van der Waals surface area (Å²) in [4.78, 5) is 17.6. The first-order valence-corrected chi connectivity index (χ1v) is 6.16. The second-order valence-corrected chi connectivity index (χ2v) is 4.38. The second-order valence-electron chi connectivity index (χ2n) is 4.38. The molecule has 7 nitrogen and oxygen atoms in total. The zero-order valence-corrected chi connectivity index (χ0v) is 11.1. The number of hydrogen-bond acceptors (Lipinski definition) is 5. The summed E-state index contributed by atoms with van der Waals surface area (Å²) < 4.78 is 4.97. The Balaban J connectivity index is 2.20. The Morgan fingerprint density at radius 1 is 1.55 bits per heavy atom. The molecule has 7 heteroatoms. The maximum atomic E-state index is 10.8. The van der Waals surface area contributed by atoms with Crippen LogP contribution >= 0.6 is 0 Å². The number of hydrogen-bond donors (Lipinski definition) is 2. The predicted molar refractivity (Wildman–Crippen MR) is 74.1 cm³/mol. The number of ether oxygens (including phenoxy) is 1. The van der Waals surface area contributed by atoms with Gasteiger partial charge >= 0.3 is 0 Å². The number of H-pyrrole nitrogens is 1. The maximum absolute atomic E-state index is 10.8. The van der Waals surface area contributed by atoms with Gasteiger partial charge in [0.05, 0.1) is 22.9 Å². The summed E-state index contributed by atoms with van der Waals surface area (Å²) in [7, 11) is 1.61. The molecule has 1 aromatic heterocycles. The molecule has 3 N–H and O–H groups in total. The van der Waals surface area contributed by atoms with Crippen LogP contribution in [0, 0.1) is 10.1 Å². The molecule has 1 atom stereocenters. The molecule has 0 bridgehead atoms. The lowest BCUT2D eigenvalue weighted by atomic mass is 10.1. The fraction of sp³-hybridized carbons (Fsp3) is 0.308. The summed E-state index contributed by atoms with van der Waals surface area (Å²) >= 11 is 0. The van der Waals surface area contributed by atoms with Crippen LogP contribution in [0.2, 0.25) is 0 Å². The highest BCUT2D eigenvalue weighted by molar-refractivity contribution is 5.62. The van der Waals surface area contributed by atoms with Crippen LogP contribution in [0.5, 0.6) is 0 Å². The minimum absolute atomic E-state index is 0.0438. The summed E-state index contributed by atoms with van der Waals surface area (Å²) in [6.07, 6.45) is 2.28. The van der Waals surface area contributed by atoms with Crippen molar-refractivity contribution in [2.45, 2.75) is 12.5 Å². The Hall–Kier alpha value is -2.25. The van der Waals surface area contributed by atoms with E-state index >= 15 is 0 Å². The first-order chi connectivity index (χ1) is 9.61. The van der Waals surface area contributed by atoms with Gasteiger partial charge in [-0.3, -0.25) is 10.1 Å². The van der Waals surface area contributed by atoms with E-state index in [0.717, 1.165) is 0 Å². The van der Waals surface area contributed by atoms with Gasteiger partial charge in [-0.05, 0) is 6.42 Å². The molecule has 0 amide bonds. The van der Waals surface area contributed by atoms with Crippen LogP contribution in [0.3, 0.4) is 0 Å². The van der Waals surface area contributed by atoms with E-state index in [1.165, 1.54) is 12.1 Å². The van der Waals surface area contributed by atoms with Gasteiger partial charge in [0.1, 0.15) is 5.82 Å². The normalized spacial score (nSPS) is 12.3. The summed E-state index contributed by atoms with van der Waals surface area (Å²) in [5, 5.41) is 10.8. The molecule has 0 aliphatic heterocycles. The van der Waals surface area contributed by atoms with Gasteiger partial charge in [0.25, 0.3) is 5.69 Å². The summed E-state index contributed by atoms with van der Waals surface area (Å²) in [6, 6.07) is 6.12. The van der Waals surface area contributed by atoms with E-state index in [9.17, 15) is 10.1 Å². The molecular weight excluding hydrogens is 260 g/mol. The third kappa shape index (κ3) is 3.19. The Labute approximate surface area is 115 Å². The summed E-state index contributed by atoms with van der Waals surface area (Å²) in [6.45, 7) is 0.550. The van der Waals surface area contributed by atoms with Crippen LogP contribution in [0.15, 0.2) is 30.5 Å². The largest absolute Gasteiger partial charge is 0.385 e. The number of nitro groups is 1. The van der Waals surface area contributed by atoms with E-state index in [1.807, 2.05) is 0 Å². The molecular formula is C13H16N4O3. The number of aromatic amines is 1. The maximum Gasteiger partial charge on any atom is 0.270 e. The van der Waals surface area contributed by atoms with Gasteiger partial charge in [-0.1, -0.05) is 12.1 Å². The average molecular weight is 276 g/mol. The molecule has 1 heterocycles. The first-order valence-electron chi connectivity index (χ1n) is 6.16. The highest BCUT2D eigenvalue weighted by Gasteiger charge is 2.12. The Bertz CT molecular complexity index is 597. The van der Waals surface area contributed by atoms with Crippen LogP contribution in [-0.4, -0.2) is 28.6 Å². The van der Waals surface area contributed by atoms with Crippen molar-refractivity contribution in [1.82, 2.24) is 9.97 Å². The quantitative estimate of drug-likeness (QED) is 0.620. The van der Waals surface area contributed by atoms with E-state index in [-0.39, 0.29) is 11.7 Å². The molecule has 0 aliphatic carbocycles. The van der Waals surface area contributed by atoms with Gasteiger partial charge in [0, 0.05) is 31.4 Å². The lowest BCUT2D eigenvalue weighted by Crippen LogP contribution is -2.14. The molecule has 0 spiro atoms. The lowest BCUT2D eigenvalue weighted by molar-refractivity contribution is -0.384. The SMILES string of the molecule is COCCC(N)c1ncc(-c2cccc([N+](=O)[O-])c2)[nH]1. The second kappa shape index (κ2) is 6.27. The molecule has 0 aliphatic rings. The Kier molecular flexibility index (Phi) is 4.44. The minimum Gasteiger partial charge on any atom is -0.385 e. The van der Waals surface area contributed by atoms with Crippen molar-refractivity contribution in [3.63, 3.8) is 0 Å². The van der Waals surface area contributed by atoms with E-state index < -0.39 is 4.92 Å². The van der Waals surface area contributed by atoms with Crippen LogP contribution in [0.25, 0.3) is 11.3 Å². The van der Waals surface area contributed by atoms with Crippen LogP contribution < -0.4 is 5.73 Å². The lowest BCUT2D eigenvalue weighted by Gasteiger charge is -2.07. The smallest absolute Gasteiger partial charge is 0.270 e. The van der Waals surface area contributed by atoms with Gasteiger partial charge in [-0.2, -0.15) is 0 Å². The van der Waals surface area contributed by atoms with Crippen LogP contribution in [-0.2, 0) is 4.74 Å². The van der Waals surface area contributed by atoms with E-state index in [2.05, 4.69) is 9.97 Å². The highest BCUT2D eigenvalue weighted by Crippen LogP contribution is 2.23. The standard InChI is InChI=1S/C13H16N4O3/c1-20-6-5-11(14)13-15-8-12(16-13)9-3-2-4-10(7-9)17(18)19/h2-4,7-8,11H,5-6,14H2,1H3,(H,15,16). The molecule has 20 heavy (non-hydrogen) atoms. The van der Waals surface area contributed by atoms with Crippen molar-refractivity contribution < 1.29 is 9.66 Å². The molecule has 0 fully saturated rings. The molecule has 1 unspecified atom stereocenters. The third-order valence-corrected chi connectivity index (χ3v) is 2.95. The van der Waals surface area contributed by atoms with Crippen molar-refractivity contribution in [3.8, 4) is 11.3 Å². The molecule has 2 rings (SSSR count). The van der Waals surface area contributed by atoms with Crippen molar-refractivity contribution in [2.75, 3.05) is 13.7 Å².